The molecule has 1 aliphatic rings. The molecule has 2 amide bonds. The lowest BCUT2D eigenvalue weighted by Gasteiger charge is -2.35. The van der Waals surface area contributed by atoms with E-state index in [9.17, 15) is 28.1 Å². The SMILES string of the molecule is O=C(NC1CCCCC1)[C@@H](Cc1ccccc1)N(Cc1ccc(Cl)c(Cl)c1)C(=O)CN(c1cccc([N+](=O)[O-])c1)S(=O)(=O)c1ccccc1. The molecule has 0 unspecified atom stereocenters. The number of carbonyl (C=O) groups excluding carboxylic acids is 2. The van der Waals surface area contributed by atoms with Gasteiger partial charge in [-0.15, -0.1) is 0 Å². The van der Waals surface area contributed by atoms with Crippen molar-refractivity contribution < 1.29 is 22.9 Å². The fraction of sp³-hybridized carbons (Fsp3) is 0.278. The predicted molar refractivity (Wildman–Crippen MR) is 190 cm³/mol. The van der Waals surface area contributed by atoms with Crippen molar-refractivity contribution in [1.29, 1.82) is 0 Å². The Labute approximate surface area is 295 Å². The first kappa shape index (κ1) is 35.8. The molecule has 4 aromatic carbocycles. The van der Waals surface area contributed by atoms with Crippen LogP contribution in [0.25, 0.3) is 0 Å². The molecule has 0 spiro atoms. The van der Waals surface area contributed by atoms with E-state index in [0.29, 0.717) is 10.6 Å². The summed E-state index contributed by atoms with van der Waals surface area (Å²) in [5.74, 6) is -1.06. The standard InChI is InChI=1S/C36H36Cl2N4O6S/c37-32-20-19-27(21-33(32)38)24-40(34(22-26-11-4-1-5-12-26)36(44)39-28-13-6-2-7-14-28)35(43)25-41(29-15-10-16-30(23-29)42(45)46)49(47,48)31-17-8-3-9-18-31/h1,3-5,8-12,15-21,23,28,34H,2,6-7,13-14,22,24-25H2,(H,39,44)/t34-/m1/s1. The molecule has 1 saturated carbocycles. The van der Waals surface area contributed by atoms with Crippen molar-refractivity contribution in [2.24, 2.45) is 0 Å². The van der Waals surface area contributed by atoms with Crippen LogP contribution in [0.4, 0.5) is 11.4 Å². The van der Waals surface area contributed by atoms with Crippen LogP contribution in [0.1, 0.15) is 43.2 Å². The number of hydrogen-bond acceptors (Lipinski definition) is 6. The number of nitrogens with zero attached hydrogens (tertiary/aromatic N) is 3. The van der Waals surface area contributed by atoms with Gasteiger partial charge in [-0.2, -0.15) is 0 Å². The molecule has 1 N–H and O–H groups in total. The second-order valence-electron chi connectivity index (χ2n) is 11.9. The number of benzene rings is 4. The lowest BCUT2D eigenvalue weighted by atomic mass is 9.94. The fourth-order valence-corrected chi connectivity index (χ4v) is 7.69. The summed E-state index contributed by atoms with van der Waals surface area (Å²) in [6.07, 6.45) is 4.84. The second-order valence-corrected chi connectivity index (χ2v) is 14.6. The van der Waals surface area contributed by atoms with E-state index >= 15 is 0 Å². The van der Waals surface area contributed by atoms with Crippen LogP contribution in [0.5, 0.6) is 0 Å². The van der Waals surface area contributed by atoms with Crippen LogP contribution in [0.15, 0.2) is 108 Å². The minimum Gasteiger partial charge on any atom is -0.352 e. The molecule has 1 atom stereocenters. The third-order valence-electron chi connectivity index (χ3n) is 8.50. The van der Waals surface area contributed by atoms with Crippen molar-refractivity contribution >= 4 is 56.4 Å². The monoisotopic (exact) mass is 722 g/mol. The van der Waals surface area contributed by atoms with Gasteiger partial charge < -0.3 is 10.2 Å². The molecule has 0 bridgehead atoms. The molecule has 256 valence electrons. The average molecular weight is 724 g/mol. The Morgan fingerprint density at radius 3 is 2.16 bits per heavy atom. The van der Waals surface area contributed by atoms with E-state index in [1.54, 1.807) is 36.4 Å². The summed E-state index contributed by atoms with van der Waals surface area (Å²) in [5, 5.41) is 15.4. The molecule has 5 rings (SSSR count). The molecule has 49 heavy (non-hydrogen) atoms. The molecular weight excluding hydrogens is 687 g/mol. The highest BCUT2D eigenvalue weighted by Gasteiger charge is 2.36. The van der Waals surface area contributed by atoms with E-state index in [-0.39, 0.29) is 46.2 Å². The predicted octanol–water partition coefficient (Wildman–Crippen LogP) is 7.19. The summed E-state index contributed by atoms with van der Waals surface area (Å²) in [5.41, 5.74) is 0.941. The van der Waals surface area contributed by atoms with Gasteiger partial charge in [0, 0.05) is 31.1 Å². The van der Waals surface area contributed by atoms with E-state index in [2.05, 4.69) is 5.32 Å². The molecule has 0 aliphatic heterocycles. The summed E-state index contributed by atoms with van der Waals surface area (Å²) in [4.78, 5) is 41.2. The smallest absolute Gasteiger partial charge is 0.271 e. The highest BCUT2D eigenvalue weighted by Crippen LogP contribution is 2.29. The Kier molecular flexibility index (Phi) is 11.9. The number of carbonyl (C=O) groups is 2. The lowest BCUT2D eigenvalue weighted by Crippen LogP contribution is -2.55. The van der Waals surface area contributed by atoms with Gasteiger partial charge in [0.05, 0.1) is 25.6 Å². The largest absolute Gasteiger partial charge is 0.352 e. The maximum absolute atomic E-state index is 14.7. The van der Waals surface area contributed by atoms with Crippen LogP contribution in [0.2, 0.25) is 10.0 Å². The van der Waals surface area contributed by atoms with Gasteiger partial charge >= 0.3 is 0 Å². The number of nitrogens with one attached hydrogen (secondary N) is 1. The lowest BCUT2D eigenvalue weighted by molar-refractivity contribution is -0.384. The molecule has 0 aromatic heterocycles. The van der Waals surface area contributed by atoms with E-state index in [4.69, 9.17) is 23.2 Å². The van der Waals surface area contributed by atoms with Crippen LogP contribution < -0.4 is 9.62 Å². The van der Waals surface area contributed by atoms with Gasteiger partial charge in [-0.1, -0.05) is 103 Å². The van der Waals surface area contributed by atoms with Gasteiger partial charge in [0.25, 0.3) is 15.7 Å². The van der Waals surface area contributed by atoms with Crippen LogP contribution in [-0.2, 0) is 32.6 Å². The Morgan fingerprint density at radius 1 is 0.837 bits per heavy atom. The molecule has 0 saturated heterocycles. The van der Waals surface area contributed by atoms with E-state index in [1.807, 2.05) is 30.3 Å². The molecule has 1 fully saturated rings. The maximum Gasteiger partial charge on any atom is 0.271 e. The van der Waals surface area contributed by atoms with Crippen molar-refractivity contribution in [3.05, 3.63) is 134 Å². The molecule has 0 heterocycles. The molecule has 0 radical (unpaired) electrons. The third-order valence-corrected chi connectivity index (χ3v) is 11.0. The highest BCUT2D eigenvalue weighted by molar-refractivity contribution is 7.92. The Hall–Kier alpha value is -4.45. The van der Waals surface area contributed by atoms with Gasteiger partial charge in [0.2, 0.25) is 11.8 Å². The summed E-state index contributed by atoms with van der Waals surface area (Å²) in [6.45, 7) is -0.846. The number of sulfonamides is 1. The first-order valence-electron chi connectivity index (χ1n) is 15.9. The third kappa shape index (κ3) is 9.17. The number of anilines is 1. The van der Waals surface area contributed by atoms with Gasteiger partial charge in [0.15, 0.2) is 0 Å². The molecule has 4 aromatic rings. The van der Waals surface area contributed by atoms with Crippen molar-refractivity contribution in [2.45, 2.75) is 62.0 Å². The number of nitro groups is 1. The van der Waals surface area contributed by atoms with Gasteiger partial charge in [0.1, 0.15) is 12.6 Å². The zero-order valence-corrected chi connectivity index (χ0v) is 28.9. The average Bonchev–Trinajstić information content (AvgIpc) is 3.11. The molecule has 10 nitrogen and oxygen atoms in total. The van der Waals surface area contributed by atoms with Gasteiger partial charge in [-0.3, -0.25) is 24.0 Å². The fourth-order valence-electron chi connectivity index (χ4n) is 5.94. The number of hydrogen-bond donors (Lipinski definition) is 1. The number of rotatable bonds is 13. The van der Waals surface area contributed by atoms with E-state index in [0.717, 1.165) is 48.0 Å². The van der Waals surface area contributed by atoms with Crippen LogP contribution in [-0.4, -0.2) is 48.7 Å². The minimum absolute atomic E-state index is 0.0544. The Bertz CT molecular complexity index is 1890. The van der Waals surface area contributed by atoms with Crippen LogP contribution >= 0.6 is 23.2 Å². The zero-order chi connectivity index (χ0) is 35.0. The number of amides is 2. The summed E-state index contributed by atoms with van der Waals surface area (Å²) >= 11 is 12.5. The normalized spacial score (nSPS) is 14.1. The van der Waals surface area contributed by atoms with E-state index in [1.165, 1.54) is 35.2 Å². The highest BCUT2D eigenvalue weighted by atomic mass is 35.5. The van der Waals surface area contributed by atoms with Crippen molar-refractivity contribution in [3.8, 4) is 0 Å². The molecular formula is C36H36Cl2N4O6S. The first-order valence-corrected chi connectivity index (χ1v) is 18.1. The number of non-ortho nitro benzene ring substituents is 1. The zero-order valence-electron chi connectivity index (χ0n) is 26.6. The second kappa shape index (κ2) is 16.3. The number of halogens is 2. The summed E-state index contributed by atoms with van der Waals surface area (Å²) in [7, 11) is -4.41. The summed E-state index contributed by atoms with van der Waals surface area (Å²) < 4.78 is 29.1. The van der Waals surface area contributed by atoms with Gasteiger partial charge in [-0.25, -0.2) is 8.42 Å². The summed E-state index contributed by atoms with van der Waals surface area (Å²) in [6, 6.07) is 25.6. The van der Waals surface area contributed by atoms with Crippen LogP contribution in [0, 0.1) is 10.1 Å². The van der Waals surface area contributed by atoms with Crippen LogP contribution in [0.3, 0.4) is 0 Å². The first-order chi connectivity index (χ1) is 23.5. The molecule has 1 aliphatic carbocycles. The quantitative estimate of drug-likeness (QED) is 0.115. The van der Waals surface area contributed by atoms with Crippen molar-refractivity contribution in [1.82, 2.24) is 10.2 Å². The number of nitro benzene ring substituents is 1. The van der Waals surface area contributed by atoms with Gasteiger partial charge in [-0.05, 0) is 54.3 Å². The topological polar surface area (TPSA) is 130 Å². The maximum atomic E-state index is 14.7. The minimum atomic E-state index is -4.41. The molecule has 13 heteroatoms. The Morgan fingerprint density at radius 2 is 1.51 bits per heavy atom. The Balaban J connectivity index is 1.59. The van der Waals surface area contributed by atoms with Crippen molar-refractivity contribution in [3.63, 3.8) is 0 Å². The van der Waals surface area contributed by atoms with Crippen molar-refractivity contribution in [2.75, 3.05) is 10.8 Å². The van der Waals surface area contributed by atoms with E-state index < -0.39 is 33.4 Å².